The Morgan fingerprint density at radius 2 is 1.67 bits per heavy atom. The highest BCUT2D eigenvalue weighted by molar-refractivity contribution is 6.17. The first-order chi connectivity index (χ1) is 16.5. The first kappa shape index (κ1) is 26.4. The molecule has 4 aliphatic rings. The Hall–Kier alpha value is -2.64. The number of esters is 2. The number of aliphatic carboxylic acids is 1. The van der Waals surface area contributed by atoms with Gasteiger partial charge in [-0.2, -0.15) is 0 Å². The van der Waals surface area contributed by atoms with Gasteiger partial charge in [-0.1, -0.05) is 32.4 Å². The lowest BCUT2D eigenvalue weighted by Gasteiger charge is -2.68. The molecule has 0 heterocycles. The minimum Gasteiger partial charge on any atom is -0.511 e. The number of hydrogen-bond acceptors (Lipinski definition) is 7. The van der Waals surface area contributed by atoms with Crippen molar-refractivity contribution in [2.45, 2.75) is 80.3 Å². The second-order valence-electron chi connectivity index (χ2n) is 12.3. The van der Waals surface area contributed by atoms with Gasteiger partial charge in [-0.25, -0.2) is 0 Å². The summed E-state index contributed by atoms with van der Waals surface area (Å²) in [7, 11) is 1.23. The predicted octanol–water partition coefficient (Wildman–Crippen LogP) is 4.38. The summed E-state index contributed by atoms with van der Waals surface area (Å²) in [6, 6.07) is 0. The van der Waals surface area contributed by atoms with Gasteiger partial charge < -0.3 is 19.7 Å². The molecule has 8 heteroatoms. The third-order valence-corrected chi connectivity index (χ3v) is 10.9. The van der Waals surface area contributed by atoms with Crippen molar-refractivity contribution < 1.29 is 38.9 Å². The maximum absolute atomic E-state index is 14.1. The Labute approximate surface area is 212 Å². The number of carbonyl (C=O) groups excluding carboxylic acids is 3. The minimum absolute atomic E-state index is 0.114. The fraction of sp³-hybridized carbons (Fsp3) is 0.714. The van der Waals surface area contributed by atoms with Crippen LogP contribution in [0.2, 0.25) is 0 Å². The minimum atomic E-state index is -1.79. The van der Waals surface area contributed by atoms with E-state index in [0.717, 1.165) is 0 Å². The molecule has 0 aromatic heterocycles. The number of carbonyl (C=O) groups is 4. The van der Waals surface area contributed by atoms with Gasteiger partial charge in [0.1, 0.15) is 11.9 Å². The van der Waals surface area contributed by atoms with Crippen molar-refractivity contribution >= 4 is 23.7 Å². The van der Waals surface area contributed by atoms with Gasteiger partial charge in [0.25, 0.3) is 0 Å². The lowest BCUT2D eigenvalue weighted by atomic mass is 9.33. The molecular formula is C28H38O8. The van der Waals surface area contributed by atoms with E-state index >= 15 is 0 Å². The van der Waals surface area contributed by atoms with Crippen LogP contribution in [0.25, 0.3) is 0 Å². The van der Waals surface area contributed by atoms with Crippen LogP contribution in [0.15, 0.2) is 23.0 Å². The summed E-state index contributed by atoms with van der Waals surface area (Å²) >= 11 is 0. The average Bonchev–Trinajstić information content (AvgIpc) is 2.95. The van der Waals surface area contributed by atoms with E-state index in [1.807, 2.05) is 26.8 Å². The second-order valence-corrected chi connectivity index (χ2v) is 12.3. The number of ether oxygens (including phenoxy) is 2. The van der Waals surface area contributed by atoms with Gasteiger partial charge in [-0.3, -0.25) is 19.2 Å². The van der Waals surface area contributed by atoms with E-state index in [-0.39, 0.29) is 23.7 Å². The number of carboxylic acids is 1. The number of methoxy groups -OCH3 is 1. The Balaban J connectivity index is 2.02. The number of fused-ring (bicyclic) bond motifs is 5. The summed E-state index contributed by atoms with van der Waals surface area (Å²) < 4.78 is 10.9. The Morgan fingerprint density at radius 1 is 1.06 bits per heavy atom. The molecule has 0 aliphatic heterocycles. The Morgan fingerprint density at radius 3 is 2.19 bits per heavy atom. The molecule has 7 atom stereocenters. The summed E-state index contributed by atoms with van der Waals surface area (Å²) in [6.07, 6.45) is 2.83. The van der Waals surface area contributed by atoms with Crippen LogP contribution < -0.4 is 0 Å². The topological polar surface area (TPSA) is 127 Å². The zero-order chi connectivity index (χ0) is 27.2. The highest BCUT2D eigenvalue weighted by atomic mass is 16.5. The van der Waals surface area contributed by atoms with Crippen LogP contribution in [0.3, 0.4) is 0 Å². The summed E-state index contributed by atoms with van der Waals surface area (Å²) in [4.78, 5) is 53.1. The smallest absolute Gasteiger partial charge is 0.321 e. The fourth-order valence-electron chi connectivity index (χ4n) is 9.11. The van der Waals surface area contributed by atoms with Crippen LogP contribution in [0.1, 0.15) is 74.1 Å². The molecule has 198 valence electrons. The number of rotatable bonds is 3. The number of Topliss-reactive ketones (excluding diaryl/α,β-unsaturated/α-hetero) is 1. The molecule has 0 aromatic carbocycles. The molecule has 0 bridgehead atoms. The summed E-state index contributed by atoms with van der Waals surface area (Å²) in [5.74, 6) is -3.85. The van der Waals surface area contributed by atoms with E-state index in [4.69, 9.17) is 9.47 Å². The molecule has 36 heavy (non-hydrogen) atoms. The van der Waals surface area contributed by atoms with Gasteiger partial charge >= 0.3 is 17.9 Å². The van der Waals surface area contributed by atoms with Gasteiger partial charge in [0.05, 0.1) is 17.9 Å². The van der Waals surface area contributed by atoms with Gasteiger partial charge in [0, 0.05) is 23.8 Å². The first-order valence-corrected chi connectivity index (χ1v) is 12.7. The zero-order valence-electron chi connectivity index (χ0n) is 22.5. The molecule has 7 unspecified atom stereocenters. The highest BCUT2D eigenvalue weighted by Crippen LogP contribution is 2.77. The Bertz CT molecular complexity index is 1130. The van der Waals surface area contributed by atoms with Crippen LogP contribution in [0.5, 0.6) is 0 Å². The van der Waals surface area contributed by atoms with Crippen LogP contribution in [-0.4, -0.2) is 47.1 Å². The molecular weight excluding hydrogens is 464 g/mol. The van der Waals surface area contributed by atoms with Gasteiger partial charge in [0.15, 0.2) is 11.2 Å². The molecule has 0 saturated heterocycles. The van der Waals surface area contributed by atoms with Crippen molar-refractivity contribution in [3.63, 3.8) is 0 Å². The third-order valence-electron chi connectivity index (χ3n) is 10.9. The van der Waals surface area contributed by atoms with Gasteiger partial charge in [0.2, 0.25) is 0 Å². The van der Waals surface area contributed by atoms with E-state index in [1.165, 1.54) is 21.0 Å². The largest absolute Gasteiger partial charge is 0.511 e. The molecule has 0 aromatic rings. The molecule has 2 fully saturated rings. The van der Waals surface area contributed by atoms with Crippen LogP contribution in [0.4, 0.5) is 0 Å². The van der Waals surface area contributed by atoms with Crippen LogP contribution in [0, 0.1) is 38.9 Å². The van der Waals surface area contributed by atoms with Crippen LogP contribution >= 0.6 is 0 Å². The lowest BCUT2D eigenvalue weighted by Crippen LogP contribution is -2.71. The normalized spacial score (nSPS) is 43.1. The first-order valence-electron chi connectivity index (χ1n) is 12.7. The zero-order valence-corrected chi connectivity index (χ0v) is 22.5. The van der Waals surface area contributed by atoms with E-state index in [2.05, 4.69) is 0 Å². The van der Waals surface area contributed by atoms with E-state index < -0.39 is 62.8 Å². The maximum Gasteiger partial charge on any atom is 0.321 e. The maximum atomic E-state index is 14.1. The van der Waals surface area contributed by atoms with Crippen molar-refractivity contribution in [3.05, 3.63) is 23.0 Å². The molecule has 0 radical (unpaired) electrons. The summed E-state index contributed by atoms with van der Waals surface area (Å²) in [5.41, 5.74) is -5.54. The van der Waals surface area contributed by atoms with Crippen LogP contribution in [-0.2, 0) is 28.7 Å². The summed E-state index contributed by atoms with van der Waals surface area (Å²) in [6.45, 7) is 12.0. The van der Waals surface area contributed by atoms with Crippen molar-refractivity contribution in [2.24, 2.45) is 38.9 Å². The average molecular weight is 503 g/mol. The predicted molar refractivity (Wildman–Crippen MR) is 130 cm³/mol. The lowest BCUT2D eigenvalue weighted by molar-refractivity contribution is -0.229. The fourth-order valence-corrected chi connectivity index (χ4v) is 9.11. The summed E-state index contributed by atoms with van der Waals surface area (Å²) in [5, 5.41) is 22.2. The standard InChI is InChI=1S/C28H38O8/c1-14-13-18-25(6,28(23(34)35-8)21(31)15(2)20(30)26(14,28)7)11-9-17-24(4,5)19(36-16(3)29)10-12-27(17,18)22(32)33/h13,17-19,30H,9-12H2,1-8H3,(H,32,33). The molecule has 4 rings (SSSR count). The third kappa shape index (κ3) is 2.60. The van der Waals surface area contributed by atoms with Gasteiger partial charge in [-0.15, -0.1) is 0 Å². The van der Waals surface area contributed by atoms with Crippen molar-refractivity contribution in [2.75, 3.05) is 7.11 Å². The van der Waals surface area contributed by atoms with Gasteiger partial charge in [-0.05, 0) is 57.8 Å². The number of aliphatic hydroxyl groups is 1. The molecule has 0 spiro atoms. The number of carboxylic acid groups (broad SMARTS) is 1. The molecule has 8 nitrogen and oxygen atoms in total. The molecule has 4 aliphatic carbocycles. The van der Waals surface area contributed by atoms with Crippen molar-refractivity contribution in [1.82, 2.24) is 0 Å². The SMILES string of the molecule is COC(=O)C12C(=O)C(C)=C(O)C1(C)C(C)=CC1C3(C(=O)O)CCC(OC(C)=O)C(C)(C)C3CCC12C. The molecule has 0 amide bonds. The van der Waals surface area contributed by atoms with E-state index in [0.29, 0.717) is 24.8 Å². The quantitative estimate of drug-likeness (QED) is 0.331. The van der Waals surface area contributed by atoms with Crippen molar-refractivity contribution in [1.29, 1.82) is 0 Å². The number of hydrogen-bond donors (Lipinski definition) is 2. The molecule has 2 saturated carbocycles. The highest BCUT2D eigenvalue weighted by Gasteiger charge is 2.81. The monoisotopic (exact) mass is 502 g/mol. The van der Waals surface area contributed by atoms with E-state index in [1.54, 1.807) is 13.8 Å². The second kappa shape index (κ2) is 7.68. The Kier molecular flexibility index (Phi) is 5.64. The molecule has 2 N–H and O–H groups in total. The number of allylic oxidation sites excluding steroid dienone is 3. The van der Waals surface area contributed by atoms with Crippen molar-refractivity contribution in [3.8, 4) is 0 Å². The number of ketones is 1. The number of aliphatic hydroxyl groups excluding tert-OH is 1. The van der Waals surface area contributed by atoms with E-state index in [9.17, 15) is 29.4 Å².